The molecular formula is C26H25N5O4. The summed E-state index contributed by atoms with van der Waals surface area (Å²) in [4.78, 5) is 38.6. The smallest absolute Gasteiger partial charge is 0.305 e. The van der Waals surface area contributed by atoms with Crippen LogP contribution in [0.2, 0.25) is 0 Å². The molecule has 5 rings (SSSR count). The topological polar surface area (TPSA) is 110 Å². The number of pyridine rings is 1. The van der Waals surface area contributed by atoms with Gasteiger partial charge in [-0.05, 0) is 37.5 Å². The number of aliphatic carboxylic acids is 1. The standard InChI is InChI=1S/C26H25N5O4/c32-22-13-12-20(27-31(22)17-23(33)29-14-6-4-10-19(29)16-24(34)35)25-21-11-5-7-15-30(21)28-26(25)18-8-2-1-3-9-18/h1-3,5,7-9,11-13,15,19H,4,6,10,14,16-17H2,(H,34,35)/t19-/m1/s1. The van der Waals surface area contributed by atoms with E-state index in [-0.39, 0.29) is 24.9 Å². The van der Waals surface area contributed by atoms with E-state index >= 15 is 0 Å². The Labute approximate surface area is 201 Å². The van der Waals surface area contributed by atoms with Gasteiger partial charge < -0.3 is 10.0 Å². The van der Waals surface area contributed by atoms with Gasteiger partial charge in [0.1, 0.15) is 12.2 Å². The fourth-order valence-corrected chi connectivity index (χ4v) is 4.71. The molecule has 1 aliphatic heterocycles. The lowest BCUT2D eigenvalue weighted by atomic mass is 9.99. The third-order valence-corrected chi connectivity index (χ3v) is 6.35. The lowest BCUT2D eigenvalue weighted by Gasteiger charge is -2.35. The SMILES string of the molecule is O=C(O)C[C@H]1CCCCN1C(=O)Cn1nc(-c2c(-c3ccccc3)nn3ccccc23)ccc1=O. The fourth-order valence-electron chi connectivity index (χ4n) is 4.71. The summed E-state index contributed by atoms with van der Waals surface area (Å²) in [5.74, 6) is -1.24. The number of benzene rings is 1. The minimum absolute atomic E-state index is 0.100. The molecule has 178 valence electrons. The van der Waals surface area contributed by atoms with Gasteiger partial charge in [-0.3, -0.25) is 14.4 Å². The molecule has 4 aromatic rings. The Bertz CT molecular complexity index is 1440. The number of amides is 1. The molecule has 0 radical (unpaired) electrons. The molecule has 4 heterocycles. The van der Waals surface area contributed by atoms with Crippen LogP contribution < -0.4 is 5.56 Å². The van der Waals surface area contributed by atoms with Gasteiger partial charge in [-0.15, -0.1) is 0 Å². The van der Waals surface area contributed by atoms with Crippen LogP contribution in [-0.4, -0.2) is 53.9 Å². The summed E-state index contributed by atoms with van der Waals surface area (Å²) in [7, 11) is 0. The lowest BCUT2D eigenvalue weighted by molar-refractivity contribution is -0.142. The summed E-state index contributed by atoms with van der Waals surface area (Å²) in [6.45, 7) is 0.236. The third kappa shape index (κ3) is 4.57. The van der Waals surface area contributed by atoms with Crippen molar-refractivity contribution in [3.8, 4) is 22.5 Å². The van der Waals surface area contributed by atoms with Crippen LogP contribution in [0.15, 0.2) is 71.7 Å². The van der Waals surface area contributed by atoms with Gasteiger partial charge in [0.2, 0.25) is 5.91 Å². The Morgan fingerprint density at radius 1 is 0.971 bits per heavy atom. The Morgan fingerprint density at radius 2 is 1.77 bits per heavy atom. The number of rotatable bonds is 6. The van der Waals surface area contributed by atoms with Crippen LogP contribution >= 0.6 is 0 Å². The Hall–Kier alpha value is -4.27. The number of hydrogen-bond acceptors (Lipinski definition) is 5. The number of hydrogen-bond donors (Lipinski definition) is 1. The first-order valence-electron chi connectivity index (χ1n) is 11.6. The van der Waals surface area contributed by atoms with Crippen LogP contribution in [0, 0.1) is 0 Å². The molecule has 1 amide bonds. The van der Waals surface area contributed by atoms with Gasteiger partial charge in [0.05, 0.1) is 23.2 Å². The zero-order valence-electron chi connectivity index (χ0n) is 19.1. The van der Waals surface area contributed by atoms with E-state index in [0.717, 1.165) is 39.9 Å². The minimum Gasteiger partial charge on any atom is -0.481 e. The van der Waals surface area contributed by atoms with Crippen molar-refractivity contribution in [1.82, 2.24) is 24.3 Å². The normalized spacial score (nSPS) is 15.9. The summed E-state index contributed by atoms with van der Waals surface area (Å²) in [6.07, 6.45) is 4.09. The number of carbonyl (C=O) groups excluding carboxylic acids is 1. The quantitative estimate of drug-likeness (QED) is 0.463. The van der Waals surface area contributed by atoms with Crippen molar-refractivity contribution >= 4 is 17.4 Å². The van der Waals surface area contributed by atoms with Crippen LogP contribution in [0.25, 0.3) is 28.0 Å². The highest BCUT2D eigenvalue weighted by molar-refractivity contribution is 5.90. The van der Waals surface area contributed by atoms with Gasteiger partial charge in [0.15, 0.2) is 0 Å². The van der Waals surface area contributed by atoms with Gasteiger partial charge >= 0.3 is 5.97 Å². The zero-order chi connectivity index (χ0) is 24.4. The maximum absolute atomic E-state index is 13.1. The van der Waals surface area contributed by atoms with E-state index in [4.69, 9.17) is 5.10 Å². The molecule has 1 N–H and O–H groups in total. The Morgan fingerprint density at radius 3 is 2.57 bits per heavy atom. The molecule has 1 saturated heterocycles. The van der Waals surface area contributed by atoms with Crippen molar-refractivity contribution < 1.29 is 14.7 Å². The highest BCUT2D eigenvalue weighted by Crippen LogP contribution is 2.33. The highest BCUT2D eigenvalue weighted by atomic mass is 16.4. The third-order valence-electron chi connectivity index (χ3n) is 6.35. The average molecular weight is 472 g/mol. The number of aromatic nitrogens is 4. The molecule has 1 fully saturated rings. The highest BCUT2D eigenvalue weighted by Gasteiger charge is 2.29. The van der Waals surface area contributed by atoms with Crippen LogP contribution in [-0.2, 0) is 16.1 Å². The first-order chi connectivity index (χ1) is 17.0. The molecule has 0 saturated carbocycles. The summed E-state index contributed by atoms with van der Waals surface area (Å²) < 4.78 is 2.93. The maximum atomic E-state index is 13.1. The molecular weight excluding hydrogens is 446 g/mol. The molecule has 9 nitrogen and oxygen atoms in total. The largest absolute Gasteiger partial charge is 0.481 e. The molecule has 1 atom stereocenters. The van der Waals surface area contributed by atoms with E-state index in [1.807, 2.05) is 54.7 Å². The number of fused-ring (bicyclic) bond motifs is 1. The van der Waals surface area contributed by atoms with E-state index in [0.29, 0.717) is 18.7 Å². The second-order valence-electron chi connectivity index (χ2n) is 8.67. The predicted octanol–water partition coefficient (Wildman–Crippen LogP) is 3.08. The lowest BCUT2D eigenvalue weighted by Crippen LogP contribution is -2.47. The van der Waals surface area contributed by atoms with E-state index < -0.39 is 11.5 Å². The average Bonchev–Trinajstić information content (AvgIpc) is 3.25. The van der Waals surface area contributed by atoms with Gasteiger partial charge in [-0.25, -0.2) is 9.20 Å². The molecule has 35 heavy (non-hydrogen) atoms. The van der Waals surface area contributed by atoms with Crippen molar-refractivity contribution in [2.75, 3.05) is 6.54 Å². The number of likely N-dealkylation sites (tertiary alicyclic amines) is 1. The molecule has 3 aromatic heterocycles. The predicted molar refractivity (Wildman–Crippen MR) is 130 cm³/mol. The number of carboxylic acid groups (broad SMARTS) is 1. The van der Waals surface area contributed by atoms with Crippen LogP contribution in [0.5, 0.6) is 0 Å². The maximum Gasteiger partial charge on any atom is 0.305 e. The second kappa shape index (κ2) is 9.54. The molecule has 1 aliphatic rings. The molecule has 0 aliphatic carbocycles. The molecule has 1 aromatic carbocycles. The van der Waals surface area contributed by atoms with Gasteiger partial charge in [-0.1, -0.05) is 36.4 Å². The fraction of sp³-hybridized carbons (Fsp3) is 0.269. The van der Waals surface area contributed by atoms with Crippen molar-refractivity contribution in [1.29, 1.82) is 0 Å². The van der Waals surface area contributed by atoms with E-state index in [1.165, 1.54) is 6.07 Å². The zero-order valence-corrected chi connectivity index (χ0v) is 19.1. The number of piperidine rings is 1. The molecule has 0 unspecified atom stereocenters. The molecule has 9 heteroatoms. The Kier molecular flexibility index (Phi) is 6.13. The van der Waals surface area contributed by atoms with Gasteiger partial charge in [-0.2, -0.15) is 10.2 Å². The number of nitrogens with zero attached hydrogens (tertiary/aromatic N) is 5. The van der Waals surface area contributed by atoms with Crippen LogP contribution in [0.4, 0.5) is 0 Å². The summed E-state index contributed by atoms with van der Waals surface area (Å²) in [5, 5.41) is 18.5. The molecule has 0 bridgehead atoms. The molecule has 0 spiro atoms. The van der Waals surface area contributed by atoms with E-state index in [1.54, 1.807) is 15.5 Å². The van der Waals surface area contributed by atoms with E-state index in [9.17, 15) is 19.5 Å². The van der Waals surface area contributed by atoms with Crippen molar-refractivity contribution in [3.05, 3.63) is 77.2 Å². The van der Waals surface area contributed by atoms with E-state index in [2.05, 4.69) is 5.10 Å². The monoisotopic (exact) mass is 471 g/mol. The van der Waals surface area contributed by atoms with Gasteiger partial charge in [0, 0.05) is 30.4 Å². The Balaban J connectivity index is 1.53. The van der Waals surface area contributed by atoms with Crippen molar-refractivity contribution in [2.45, 2.75) is 38.3 Å². The summed E-state index contributed by atoms with van der Waals surface area (Å²) >= 11 is 0. The summed E-state index contributed by atoms with van der Waals surface area (Å²) in [6, 6.07) is 18.1. The summed E-state index contributed by atoms with van der Waals surface area (Å²) in [5.41, 5.74) is 3.35. The second-order valence-corrected chi connectivity index (χ2v) is 8.67. The van der Waals surface area contributed by atoms with Crippen LogP contribution in [0.1, 0.15) is 25.7 Å². The van der Waals surface area contributed by atoms with Crippen molar-refractivity contribution in [3.63, 3.8) is 0 Å². The number of carbonyl (C=O) groups is 2. The first kappa shape index (κ1) is 22.5. The van der Waals surface area contributed by atoms with Crippen molar-refractivity contribution in [2.24, 2.45) is 0 Å². The minimum atomic E-state index is -0.937. The van der Waals surface area contributed by atoms with Gasteiger partial charge in [0.25, 0.3) is 5.56 Å². The number of carboxylic acids is 1. The van der Waals surface area contributed by atoms with Crippen LogP contribution in [0.3, 0.4) is 0 Å². The first-order valence-corrected chi connectivity index (χ1v) is 11.6.